The lowest BCUT2D eigenvalue weighted by molar-refractivity contribution is 0.0699. The zero-order valence-electron chi connectivity index (χ0n) is 13.0. The number of hydrogen-bond acceptors (Lipinski definition) is 3. The van der Waals surface area contributed by atoms with Crippen LogP contribution in [0.3, 0.4) is 0 Å². The number of nitrogens with zero attached hydrogens (tertiary/aromatic N) is 1. The van der Waals surface area contributed by atoms with Crippen LogP contribution in [-0.4, -0.2) is 23.2 Å². The van der Waals surface area contributed by atoms with Crippen LogP contribution in [0.1, 0.15) is 22.8 Å². The summed E-state index contributed by atoms with van der Waals surface area (Å²) in [5.74, 6) is -0.239. The number of pyridine rings is 1. The normalized spacial score (nSPS) is 10.7. The summed E-state index contributed by atoms with van der Waals surface area (Å²) in [6, 6.07) is 14.8. The number of benzene rings is 2. The fourth-order valence-corrected chi connectivity index (χ4v) is 2.60. The van der Waals surface area contributed by atoms with Gasteiger partial charge < -0.3 is 9.84 Å². The number of fused-ring (bicyclic) bond motifs is 1. The topological polar surface area (TPSA) is 59.4 Å². The van der Waals surface area contributed by atoms with Gasteiger partial charge in [-0.3, -0.25) is 0 Å². The van der Waals surface area contributed by atoms with Crippen molar-refractivity contribution < 1.29 is 14.6 Å². The van der Waals surface area contributed by atoms with Crippen LogP contribution in [0.2, 0.25) is 0 Å². The molecule has 0 aliphatic carbocycles. The van der Waals surface area contributed by atoms with Crippen molar-refractivity contribution in [1.82, 2.24) is 4.98 Å². The predicted octanol–water partition coefficient (Wildman–Crippen LogP) is 4.17. The van der Waals surface area contributed by atoms with Crippen molar-refractivity contribution in [2.75, 3.05) is 7.11 Å². The van der Waals surface area contributed by atoms with Crippen molar-refractivity contribution in [2.45, 2.75) is 13.3 Å². The van der Waals surface area contributed by atoms with Gasteiger partial charge in [0.25, 0.3) is 0 Å². The van der Waals surface area contributed by atoms with E-state index in [0.717, 1.165) is 17.5 Å². The summed E-state index contributed by atoms with van der Waals surface area (Å²) in [6.07, 6.45) is 0.854. The molecule has 2 aromatic carbocycles. The molecule has 116 valence electrons. The minimum atomic E-state index is -0.949. The molecule has 0 radical (unpaired) electrons. The van der Waals surface area contributed by atoms with Crippen LogP contribution in [0, 0.1) is 0 Å². The van der Waals surface area contributed by atoms with E-state index in [1.807, 2.05) is 49.4 Å². The van der Waals surface area contributed by atoms with Crippen LogP contribution < -0.4 is 4.74 Å². The number of carbonyl (C=O) groups is 1. The third-order valence-electron chi connectivity index (χ3n) is 3.88. The number of aryl methyl sites for hydroxylation is 1. The van der Waals surface area contributed by atoms with Gasteiger partial charge in [0.05, 0.1) is 23.9 Å². The third-order valence-corrected chi connectivity index (χ3v) is 3.88. The molecule has 0 atom stereocenters. The summed E-state index contributed by atoms with van der Waals surface area (Å²) in [4.78, 5) is 16.3. The number of aromatic carboxylic acids is 1. The maximum Gasteiger partial charge on any atom is 0.336 e. The molecule has 0 aliphatic rings. The monoisotopic (exact) mass is 307 g/mol. The lowest BCUT2D eigenvalue weighted by atomic mass is 10.0. The molecule has 0 bridgehead atoms. The van der Waals surface area contributed by atoms with Gasteiger partial charge in [0, 0.05) is 10.9 Å². The Labute approximate surface area is 134 Å². The van der Waals surface area contributed by atoms with Crippen molar-refractivity contribution in [1.29, 1.82) is 0 Å². The minimum Gasteiger partial charge on any atom is -0.497 e. The molecule has 0 saturated carbocycles. The number of carboxylic acids is 1. The Morgan fingerprint density at radius 1 is 1.17 bits per heavy atom. The SMILES string of the molecule is CCc1ccc2nc(-c3cccc(OC)c3)cc(C(=O)O)c2c1. The van der Waals surface area contributed by atoms with Gasteiger partial charge in [-0.25, -0.2) is 9.78 Å². The summed E-state index contributed by atoms with van der Waals surface area (Å²) in [6.45, 7) is 2.04. The molecule has 4 heteroatoms. The van der Waals surface area contributed by atoms with Crippen LogP contribution in [0.25, 0.3) is 22.2 Å². The highest BCUT2D eigenvalue weighted by atomic mass is 16.5. The Morgan fingerprint density at radius 3 is 2.70 bits per heavy atom. The number of hydrogen-bond donors (Lipinski definition) is 1. The van der Waals surface area contributed by atoms with Gasteiger partial charge in [0.1, 0.15) is 5.75 Å². The van der Waals surface area contributed by atoms with E-state index >= 15 is 0 Å². The molecule has 0 unspecified atom stereocenters. The first-order chi connectivity index (χ1) is 11.1. The van der Waals surface area contributed by atoms with Crippen LogP contribution in [0.4, 0.5) is 0 Å². The molecule has 4 nitrogen and oxygen atoms in total. The highest BCUT2D eigenvalue weighted by Crippen LogP contribution is 2.28. The van der Waals surface area contributed by atoms with E-state index in [9.17, 15) is 9.90 Å². The molecule has 0 aliphatic heterocycles. The lowest BCUT2D eigenvalue weighted by Gasteiger charge is -2.09. The quantitative estimate of drug-likeness (QED) is 0.786. The highest BCUT2D eigenvalue weighted by molar-refractivity contribution is 6.04. The molecule has 0 fully saturated rings. The summed E-state index contributed by atoms with van der Waals surface area (Å²) in [5, 5.41) is 10.2. The van der Waals surface area contributed by atoms with Crippen LogP contribution in [0.5, 0.6) is 5.75 Å². The zero-order valence-corrected chi connectivity index (χ0v) is 13.0. The van der Waals surface area contributed by atoms with Crippen molar-refractivity contribution in [3.63, 3.8) is 0 Å². The Bertz CT molecular complexity index is 887. The van der Waals surface area contributed by atoms with E-state index < -0.39 is 5.97 Å². The summed E-state index contributed by atoms with van der Waals surface area (Å²) < 4.78 is 5.23. The second-order valence-corrected chi connectivity index (χ2v) is 5.30. The summed E-state index contributed by atoms with van der Waals surface area (Å²) in [7, 11) is 1.60. The Kier molecular flexibility index (Phi) is 3.98. The smallest absolute Gasteiger partial charge is 0.336 e. The number of aromatic nitrogens is 1. The first-order valence-corrected chi connectivity index (χ1v) is 7.43. The summed E-state index contributed by atoms with van der Waals surface area (Å²) in [5.41, 5.74) is 3.49. The number of carboxylic acid groups (broad SMARTS) is 1. The van der Waals surface area contributed by atoms with E-state index in [-0.39, 0.29) is 5.56 Å². The average Bonchev–Trinajstić information content (AvgIpc) is 2.60. The van der Waals surface area contributed by atoms with Crippen LogP contribution in [0.15, 0.2) is 48.5 Å². The molecule has 3 aromatic rings. The van der Waals surface area contributed by atoms with Crippen molar-refractivity contribution in [3.05, 3.63) is 59.7 Å². The van der Waals surface area contributed by atoms with E-state index in [4.69, 9.17) is 4.74 Å². The molecule has 3 rings (SSSR count). The van der Waals surface area contributed by atoms with E-state index in [1.165, 1.54) is 0 Å². The highest BCUT2D eigenvalue weighted by Gasteiger charge is 2.13. The molecule has 1 heterocycles. The molecule has 1 aromatic heterocycles. The van der Waals surface area contributed by atoms with Crippen molar-refractivity contribution in [2.24, 2.45) is 0 Å². The Morgan fingerprint density at radius 2 is 2.00 bits per heavy atom. The first kappa shape index (κ1) is 15.0. The third kappa shape index (κ3) is 2.88. The second kappa shape index (κ2) is 6.08. The van der Waals surface area contributed by atoms with Gasteiger partial charge in [-0.1, -0.05) is 25.1 Å². The zero-order chi connectivity index (χ0) is 16.4. The fraction of sp³-hybridized carbons (Fsp3) is 0.158. The average molecular weight is 307 g/mol. The maximum absolute atomic E-state index is 11.7. The van der Waals surface area contributed by atoms with Crippen LogP contribution >= 0.6 is 0 Å². The lowest BCUT2D eigenvalue weighted by Crippen LogP contribution is -2.01. The van der Waals surface area contributed by atoms with Gasteiger partial charge in [-0.15, -0.1) is 0 Å². The van der Waals surface area contributed by atoms with Gasteiger partial charge in [0.2, 0.25) is 0 Å². The van der Waals surface area contributed by atoms with E-state index in [1.54, 1.807) is 13.2 Å². The molecule has 0 spiro atoms. The fourth-order valence-electron chi connectivity index (χ4n) is 2.60. The van der Waals surface area contributed by atoms with Crippen molar-refractivity contribution >= 4 is 16.9 Å². The number of methoxy groups -OCH3 is 1. The Hall–Kier alpha value is -2.88. The van der Waals surface area contributed by atoms with E-state index in [2.05, 4.69) is 4.98 Å². The molecule has 0 amide bonds. The van der Waals surface area contributed by atoms with Crippen LogP contribution in [-0.2, 0) is 6.42 Å². The van der Waals surface area contributed by atoms with Crippen molar-refractivity contribution in [3.8, 4) is 17.0 Å². The van der Waals surface area contributed by atoms with E-state index in [0.29, 0.717) is 22.3 Å². The predicted molar refractivity (Wildman–Crippen MR) is 90.1 cm³/mol. The number of rotatable bonds is 4. The largest absolute Gasteiger partial charge is 0.497 e. The summed E-state index contributed by atoms with van der Waals surface area (Å²) >= 11 is 0. The van der Waals surface area contributed by atoms with Gasteiger partial charge in [-0.2, -0.15) is 0 Å². The molecule has 23 heavy (non-hydrogen) atoms. The van der Waals surface area contributed by atoms with Gasteiger partial charge in [0.15, 0.2) is 0 Å². The standard InChI is InChI=1S/C19H17NO3/c1-3-12-7-8-17-15(9-12)16(19(21)22)11-18(20-17)13-5-4-6-14(10-13)23-2/h4-11H,3H2,1-2H3,(H,21,22). The van der Waals surface area contributed by atoms with Gasteiger partial charge >= 0.3 is 5.97 Å². The Balaban J connectivity index is 2.24. The molecule has 1 N–H and O–H groups in total. The van der Waals surface area contributed by atoms with Gasteiger partial charge in [-0.05, 0) is 42.3 Å². The molecule has 0 saturated heterocycles. The molecular weight excluding hydrogens is 290 g/mol. The maximum atomic E-state index is 11.7. The molecular formula is C19H17NO3. The minimum absolute atomic E-state index is 0.267. The second-order valence-electron chi connectivity index (χ2n) is 5.30. The first-order valence-electron chi connectivity index (χ1n) is 7.43. The number of ether oxygens (including phenoxy) is 1.